The van der Waals surface area contributed by atoms with Crippen LogP contribution >= 0.6 is 0 Å². The zero-order chi connectivity index (χ0) is 16.3. The maximum atomic E-state index is 11.4. The Labute approximate surface area is 124 Å². The van der Waals surface area contributed by atoms with E-state index in [-0.39, 0.29) is 17.2 Å². The highest BCUT2D eigenvalue weighted by Gasteiger charge is 2.36. The number of benzene rings is 1. The molecule has 0 spiro atoms. The summed E-state index contributed by atoms with van der Waals surface area (Å²) < 4.78 is 14.9. The van der Waals surface area contributed by atoms with Gasteiger partial charge in [0.15, 0.2) is 6.10 Å². The van der Waals surface area contributed by atoms with Crippen molar-refractivity contribution in [1.82, 2.24) is 0 Å². The Morgan fingerprint density at radius 2 is 1.95 bits per heavy atom. The number of non-ortho nitro benzene ring substituents is 1. The van der Waals surface area contributed by atoms with Gasteiger partial charge in [0, 0.05) is 12.1 Å². The van der Waals surface area contributed by atoms with E-state index in [1.807, 2.05) is 0 Å². The van der Waals surface area contributed by atoms with Gasteiger partial charge in [-0.1, -0.05) is 0 Å². The number of carbonyl (C=O) groups excluding carboxylic acids is 1. The molecule has 0 bridgehead atoms. The second-order valence-corrected chi connectivity index (χ2v) is 4.36. The molecule has 1 aliphatic heterocycles. The zero-order valence-corrected chi connectivity index (χ0v) is 11.4. The quantitative estimate of drug-likeness (QED) is 0.455. The van der Waals surface area contributed by atoms with Crippen LogP contribution in [0.3, 0.4) is 0 Å². The third-order valence-corrected chi connectivity index (χ3v) is 2.88. The van der Waals surface area contributed by atoms with E-state index >= 15 is 0 Å². The maximum absolute atomic E-state index is 11.4. The van der Waals surface area contributed by atoms with Gasteiger partial charge in [0.1, 0.15) is 11.9 Å². The van der Waals surface area contributed by atoms with Gasteiger partial charge in [-0.25, -0.2) is 4.79 Å². The molecular weight excluding hydrogens is 298 g/mol. The van der Waals surface area contributed by atoms with Crippen LogP contribution in [-0.4, -0.2) is 46.7 Å². The standard InChI is InChI=1S/C13H13NO8/c1-20-12(17)10-6-9(15)11(16)13(22-10)21-8-4-2-7(3-5-8)14(18)19/h2-6,9,11,13,15-16H,1H3/t9-,11+,13+/m0/s1. The fraction of sp³-hybridized carbons (Fsp3) is 0.308. The average Bonchev–Trinajstić information content (AvgIpc) is 2.51. The SMILES string of the molecule is COC(=O)C1=C[C@H](O)[C@@H](O)[C@H](Oc2ccc([N+](=O)[O-])cc2)O1. The third-order valence-electron chi connectivity index (χ3n) is 2.88. The number of aliphatic hydroxyl groups is 2. The second-order valence-electron chi connectivity index (χ2n) is 4.36. The number of carbonyl (C=O) groups is 1. The maximum Gasteiger partial charge on any atom is 0.373 e. The highest BCUT2D eigenvalue weighted by molar-refractivity contribution is 5.86. The summed E-state index contributed by atoms with van der Waals surface area (Å²) in [7, 11) is 1.14. The van der Waals surface area contributed by atoms with Crippen LogP contribution in [-0.2, 0) is 14.3 Å². The first-order chi connectivity index (χ1) is 10.4. The lowest BCUT2D eigenvalue weighted by Gasteiger charge is -2.30. The van der Waals surface area contributed by atoms with Crippen LogP contribution < -0.4 is 4.74 Å². The number of aliphatic hydroxyl groups excluding tert-OH is 2. The van der Waals surface area contributed by atoms with E-state index in [4.69, 9.17) is 9.47 Å². The van der Waals surface area contributed by atoms with Crippen molar-refractivity contribution < 1.29 is 34.1 Å². The van der Waals surface area contributed by atoms with Crippen LogP contribution in [0.5, 0.6) is 5.75 Å². The minimum atomic E-state index is -1.44. The molecule has 118 valence electrons. The first-order valence-corrected chi connectivity index (χ1v) is 6.16. The van der Waals surface area contributed by atoms with Crippen LogP contribution in [0.4, 0.5) is 5.69 Å². The summed E-state index contributed by atoms with van der Waals surface area (Å²) >= 11 is 0. The Morgan fingerprint density at radius 1 is 1.32 bits per heavy atom. The number of nitro benzene ring substituents is 1. The molecule has 0 aliphatic carbocycles. The fourth-order valence-corrected chi connectivity index (χ4v) is 1.74. The molecule has 1 aliphatic rings. The molecule has 0 aromatic heterocycles. The monoisotopic (exact) mass is 311 g/mol. The molecular formula is C13H13NO8. The highest BCUT2D eigenvalue weighted by Crippen LogP contribution is 2.24. The summed E-state index contributed by atoms with van der Waals surface area (Å²) in [6.45, 7) is 0. The molecule has 1 aromatic rings. The van der Waals surface area contributed by atoms with Gasteiger partial charge in [0.05, 0.1) is 12.0 Å². The van der Waals surface area contributed by atoms with E-state index in [1.54, 1.807) is 0 Å². The summed E-state index contributed by atoms with van der Waals surface area (Å²) in [5.74, 6) is -0.969. The molecule has 3 atom stereocenters. The molecule has 0 unspecified atom stereocenters. The van der Waals surface area contributed by atoms with Crippen molar-refractivity contribution in [1.29, 1.82) is 0 Å². The number of hydrogen-bond acceptors (Lipinski definition) is 8. The van der Waals surface area contributed by atoms with E-state index in [0.717, 1.165) is 13.2 Å². The van der Waals surface area contributed by atoms with Crippen LogP contribution in [0.1, 0.15) is 0 Å². The second kappa shape index (κ2) is 6.41. The van der Waals surface area contributed by atoms with E-state index < -0.39 is 29.4 Å². The third kappa shape index (κ3) is 3.32. The van der Waals surface area contributed by atoms with Gasteiger partial charge in [-0.3, -0.25) is 10.1 Å². The van der Waals surface area contributed by atoms with E-state index in [0.29, 0.717) is 0 Å². The largest absolute Gasteiger partial charge is 0.463 e. The Hall–Kier alpha value is -2.65. The number of nitro groups is 1. The molecule has 9 nitrogen and oxygen atoms in total. The molecule has 0 saturated heterocycles. The van der Waals surface area contributed by atoms with E-state index in [9.17, 15) is 25.1 Å². The first kappa shape index (κ1) is 15.7. The van der Waals surface area contributed by atoms with Crippen molar-refractivity contribution >= 4 is 11.7 Å². The van der Waals surface area contributed by atoms with Crippen LogP contribution in [0.2, 0.25) is 0 Å². The van der Waals surface area contributed by atoms with Gasteiger partial charge < -0.3 is 24.4 Å². The van der Waals surface area contributed by atoms with Crippen molar-refractivity contribution in [2.45, 2.75) is 18.5 Å². The van der Waals surface area contributed by atoms with Gasteiger partial charge in [0.25, 0.3) is 12.0 Å². The zero-order valence-electron chi connectivity index (χ0n) is 11.4. The van der Waals surface area contributed by atoms with Gasteiger partial charge >= 0.3 is 5.97 Å². The van der Waals surface area contributed by atoms with Gasteiger partial charge in [0.2, 0.25) is 5.76 Å². The highest BCUT2D eigenvalue weighted by atomic mass is 16.7. The van der Waals surface area contributed by atoms with E-state index in [1.165, 1.54) is 24.3 Å². The molecule has 0 fully saturated rings. The molecule has 1 heterocycles. The molecule has 0 saturated carbocycles. The smallest absolute Gasteiger partial charge is 0.373 e. The predicted molar refractivity (Wildman–Crippen MR) is 70.7 cm³/mol. The molecule has 9 heteroatoms. The Morgan fingerprint density at radius 3 is 2.50 bits per heavy atom. The average molecular weight is 311 g/mol. The van der Waals surface area contributed by atoms with Crippen LogP contribution in [0, 0.1) is 10.1 Å². The van der Waals surface area contributed by atoms with Crippen LogP contribution in [0.15, 0.2) is 36.1 Å². The molecule has 0 radical (unpaired) electrons. The normalized spacial score (nSPS) is 24.0. The summed E-state index contributed by atoms with van der Waals surface area (Å²) in [5.41, 5.74) is -0.132. The van der Waals surface area contributed by atoms with Crippen molar-refractivity contribution in [2.24, 2.45) is 0 Å². The molecule has 1 aromatic carbocycles. The minimum absolute atomic E-state index is 0.132. The summed E-state index contributed by atoms with van der Waals surface area (Å²) in [5, 5.41) is 30.0. The van der Waals surface area contributed by atoms with Gasteiger partial charge in [-0.15, -0.1) is 0 Å². The van der Waals surface area contributed by atoms with Crippen molar-refractivity contribution in [3.8, 4) is 5.75 Å². The Kier molecular flexibility index (Phi) is 4.59. The lowest BCUT2D eigenvalue weighted by atomic mass is 10.1. The van der Waals surface area contributed by atoms with Gasteiger partial charge in [-0.05, 0) is 18.2 Å². The lowest BCUT2D eigenvalue weighted by molar-refractivity contribution is -0.384. The summed E-state index contributed by atoms with van der Waals surface area (Å²) in [4.78, 5) is 21.4. The number of ether oxygens (including phenoxy) is 3. The van der Waals surface area contributed by atoms with Crippen LogP contribution in [0.25, 0.3) is 0 Å². The Bertz CT molecular complexity index is 597. The van der Waals surface area contributed by atoms with Crippen molar-refractivity contribution in [3.05, 3.63) is 46.2 Å². The minimum Gasteiger partial charge on any atom is -0.463 e. The number of rotatable bonds is 4. The van der Waals surface area contributed by atoms with Crippen molar-refractivity contribution in [3.63, 3.8) is 0 Å². The number of methoxy groups -OCH3 is 1. The molecule has 22 heavy (non-hydrogen) atoms. The number of esters is 1. The summed E-state index contributed by atoms with van der Waals surface area (Å²) in [6.07, 6.45) is -3.18. The lowest BCUT2D eigenvalue weighted by Crippen LogP contribution is -2.46. The van der Waals surface area contributed by atoms with E-state index in [2.05, 4.69) is 4.74 Å². The van der Waals surface area contributed by atoms with Gasteiger partial charge in [-0.2, -0.15) is 0 Å². The first-order valence-electron chi connectivity index (χ1n) is 6.16. The molecule has 0 amide bonds. The Balaban J connectivity index is 2.13. The van der Waals surface area contributed by atoms with Crippen molar-refractivity contribution in [2.75, 3.05) is 7.11 Å². The summed E-state index contributed by atoms with van der Waals surface area (Å²) in [6, 6.07) is 5.02. The molecule has 2 rings (SSSR count). The number of nitrogens with zero attached hydrogens (tertiary/aromatic N) is 1. The fourth-order valence-electron chi connectivity index (χ4n) is 1.74. The molecule has 2 N–H and O–H groups in total. The predicted octanol–water partition coefficient (Wildman–Crippen LogP) is 0.109. The topological polar surface area (TPSA) is 128 Å². The number of hydrogen-bond donors (Lipinski definition) is 2.